The zero-order valence-electron chi connectivity index (χ0n) is 11.3. The van der Waals surface area contributed by atoms with E-state index >= 15 is 0 Å². The Balaban J connectivity index is 2.15. The van der Waals surface area contributed by atoms with E-state index in [1.807, 2.05) is 25.6 Å². The van der Waals surface area contributed by atoms with Gasteiger partial charge in [0.05, 0.1) is 11.4 Å². The topological polar surface area (TPSA) is 80.0 Å². The molecule has 2 aromatic heterocycles. The number of anilines is 1. The Morgan fingerprint density at radius 2 is 2.05 bits per heavy atom. The van der Waals surface area contributed by atoms with E-state index in [0.29, 0.717) is 17.4 Å². The van der Waals surface area contributed by atoms with Crippen LogP contribution in [0.5, 0.6) is 0 Å². The van der Waals surface area contributed by atoms with E-state index in [-0.39, 0.29) is 4.88 Å². The molecular weight excluding hydrogens is 264 g/mol. The number of carboxylic acid groups (broad SMARTS) is 1. The first-order valence-corrected chi connectivity index (χ1v) is 6.65. The van der Waals surface area contributed by atoms with Crippen LogP contribution in [0.4, 0.5) is 5.13 Å². The number of nitrogens with zero attached hydrogens (tertiary/aromatic N) is 3. The molecule has 0 aliphatic carbocycles. The first-order valence-electron chi connectivity index (χ1n) is 5.83. The lowest BCUT2D eigenvalue weighted by Crippen LogP contribution is -2.02. The standard InChI is InChI=1S/C12H16N4O2S/c1-6-9(8(3)16(4)15-6)5-13-12-14-7(2)10(19-12)11(17)18/h5H2,1-4H3,(H,13,14)(H,17,18). The van der Waals surface area contributed by atoms with Crippen molar-refractivity contribution in [2.45, 2.75) is 27.3 Å². The molecule has 0 fully saturated rings. The highest BCUT2D eigenvalue weighted by atomic mass is 32.1. The molecule has 2 N–H and O–H groups in total. The summed E-state index contributed by atoms with van der Waals surface area (Å²) in [5.41, 5.74) is 3.72. The quantitative estimate of drug-likeness (QED) is 0.896. The first-order chi connectivity index (χ1) is 8.90. The minimum Gasteiger partial charge on any atom is -0.477 e. The van der Waals surface area contributed by atoms with Crippen molar-refractivity contribution >= 4 is 22.4 Å². The molecule has 7 heteroatoms. The summed E-state index contributed by atoms with van der Waals surface area (Å²) in [6.07, 6.45) is 0. The highest BCUT2D eigenvalue weighted by Crippen LogP contribution is 2.23. The fourth-order valence-electron chi connectivity index (χ4n) is 1.91. The summed E-state index contributed by atoms with van der Waals surface area (Å²) in [5.74, 6) is -0.934. The van der Waals surface area contributed by atoms with Crippen molar-refractivity contribution in [1.82, 2.24) is 14.8 Å². The molecule has 19 heavy (non-hydrogen) atoms. The molecule has 0 bridgehead atoms. The summed E-state index contributed by atoms with van der Waals surface area (Å²) in [7, 11) is 1.90. The molecule has 6 nitrogen and oxygen atoms in total. The highest BCUT2D eigenvalue weighted by Gasteiger charge is 2.15. The summed E-state index contributed by atoms with van der Waals surface area (Å²) >= 11 is 1.16. The second-order valence-electron chi connectivity index (χ2n) is 4.37. The van der Waals surface area contributed by atoms with Gasteiger partial charge in [-0.2, -0.15) is 5.10 Å². The SMILES string of the molecule is Cc1nc(NCc2c(C)nn(C)c2C)sc1C(=O)O. The van der Waals surface area contributed by atoms with Gasteiger partial charge >= 0.3 is 5.97 Å². The van der Waals surface area contributed by atoms with Gasteiger partial charge in [-0.05, 0) is 20.8 Å². The number of aromatic nitrogens is 3. The second-order valence-corrected chi connectivity index (χ2v) is 5.36. The largest absolute Gasteiger partial charge is 0.477 e. The van der Waals surface area contributed by atoms with E-state index in [1.54, 1.807) is 6.92 Å². The predicted octanol–water partition coefficient (Wildman–Crippen LogP) is 2.11. The maximum absolute atomic E-state index is 11.0. The van der Waals surface area contributed by atoms with Gasteiger partial charge in [-0.3, -0.25) is 4.68 Å². The van der Waals surface area contributed by atoms with Crippen molar-refractivity contribution in [3.63, 3.8) is 0 Å². The Morgan fingerprint density at radius 1 is 1.37 bits per heavy atom. The molecule has 0 spiro atoms. The Hall–Kier alpha value is -1.89. The Kier molecular flexibility index (Phi) is 3.57. The zero-order chi connectivity index (χ0) is 14.2. The highest BCUT2D eigenvalue weighted by molar-refractivity contribution is 7.17. The van der Waals surface area contributed by atoms with Gasteiger partial charge in [0.2, 0.25) is 0 Å². The van der Waals surface area contributed by atoms with Crippen LogP contribution >= 0.6 is 11.3 Å². The smallest absolute Gasteiger partial charge is 0.347 e. The fourth-order valence-corrected chi connectivity index (χ4v) is 2.71. The monoisotopic (exact) mass is 280 g/mol. The van der Waals surface area contributed by atoms with Crippen LogP contribution in [-0.2, 0) is 13.6 Å². The van der Waals surface area contributed by atoms with Crippen molar-refractivity contribution in [3.05, 3.63) is 27.5 Å². The molecule has 0 radical (unpaired) electrons. The average molecular weight is 280 g/mol. The van der Waals surface area contributed by atoms with Gasteiger partial charge in [0, 0.05) is 24.8 Å². The Labute approximate surface area is 115 Å². The summed E-state index contributed by atoms with van der Waals surface area (Å²) in [6, 6.07) is 0. The van der Waals surface area contributed by atoms with E-state index in [1.165, 1.54) is 0 Å². The fraction of sp³-hybridized carbons (Fsp3) is 0.417. The molecule has 0 amide bonds. The minimum absolute atomic E-state index is 0.280. The Morgan fingerprint density at radius 3 is 2.53 bits per heavy atom. The summed E-state index contributed by atoms with van der Waals surface area (Å²) < 4.78 is 1.84. The molecule has 102 valence electrons. The van der Waals surface area contributed by atoms with E-state index in [0.717, 1.165) is 28.3 Å². The van der Waals surface area contributed by atoms with E-state index in [2.05, 4.69) is 15.4 Å². The van der Waals surface area contributed by atoms with Crippen molar-refractivity contribution in [1.29, 1.82) is 0 Å². The number of aromatic carboxylic acids is 1. The number of rotatable bonds is 4. The van der Waals surface area contributed by atoms with Gasteiger partial charge in [-0.25, -0.2) is 9.78 Å². The molecule has 0 atom stereocenters. The number of aryl methyl sites for hydroxylation is 3. The van der Waals surface area contributed by atoms with Crippen LogP contribution in [0, 0.1) is 20.8 Å². The van der Waals surface area contributed by atoms with Crippen LogP contribution < -0.4 is 5.32 Å². The summed E-state index contributed by atoms with van der Waals surface area (Å²) in [4.78, 5) is 15.4. The van der Waals surface area contributed by atoms with E-state index in [4.69, 9.17) is 5.11 Å². The number of hydrogen-bond acceptors (Lipinski definition) is 5. The van der Waals surface area contributed by atoms with Crippen molar-refractivity contribution < 1.29 is 9.90 Å². The van der Waals surface area contributed by atoms with Gasteiger partial charge in [0.1, 0.15) is 4.88 Å². The van der Waals surface area contributed by atoms with Crippen LogP contribution in [0.2, 0.25) is 0 Å². The maximum atomic E-state index is 11.0. The van der Waals surface area contributed by atoms with Gasteiger partial charge in [0.15, 0.2) is 5.13 Å². The third-order valence-electron chi connectivity index (χ3n) is 3.07. The lowest BCUT2D eigenvalue weighted by atomic mass is 10.2. The molecule has 0 unspecified atom stereocenters. The number of thiazole rings is 1. The maximum Gasteiger partial charge on any atom is 0.347 e. The molecule has 0 aliphatic rings. The molecule has 0 saturated carbocycles. The number of carbonyl (C=O) groups is 1. The number of carboxylic acids is 1. The van der Waals surface area contributed by atoms with Gasteiger partial charge in [-0.15, -0.1) is 0 Å². The van der Waals surface area contributed by atoms with Crippen LogP contribution in [0.3, 0.4) is 0 Å². The average Bonchev–Trinajstić information content (AvgIpc) is 2.80. The van der Waals surface area contributed by atoms with E-state index < -0.39 is 5.97 Å². The zero-order valence-corrected chi connectivity index (χ0v) is 12.1. The van der Waals surface area contributed by atoms with Crippen LogP contribution in [0.15, 0.2) is 0 Å². The third-order valence-corrected chi connectivity index (χ3v) is 4.17. The van der Waals surface area contributed by atoms with Gasteiger partial charge in [0.25, 0.3) is 0 Å². The molecule has 2 rings (SSSR count). The lowest BCUT2D eigenvalue weighted by Gasteiger charge is -2.03. The molecular formula is C12H16N4O2S. The van der Waals surface area contributed by atoms with Gasteiger partial charge in [-0.1, -0.05) is 11.3 Å². The predicted molar refractivity (Wildman–Crippen MR) is 73.8 cm³/mol. The molecule has 0 saturated heterocycles. The minimum atomic E-state index is -0.934. The first kappa shape index (κ1) is 13.5. The van der Waals surface area contributed by atoms with Crippen LogP contribution in [0.1, 0.15) is 32.3 Å². The Bertz CT molecular complexity index is 630. The van der Waals surface area contributed by atoms with Crippen LogP contribution in [-0.4, -0.2) is 25.8 Å². The van der Waals surface area contributed by atoms with Crippen molar-refractivity contribution in [3.8, 4) is 0 Å². The van der Waals surface area contributed by atoms with Crippen molar-refractivity contribution in [2.24, 2.45) is 7.05 Å². The second kappa shape index (κ2) is 5.00. The molecule has 2 aromatic rings. The number of hydrogen-bond donors (Lipinski definition) is 2. The molecule has 2 heterocycles. The van der Waals surface area contributed by atoms with E-state index in [9.17, 15) is 4.79 Å². The van der Waals surface area contributed by atoms with Crippen molar-refractivity contribution in [2.75, 3.05) is 5.32 Å². The molecule has 0 aromatic carbocycles. The van der Waals surface area contributed by atoms with Crippen LogP contribution in [0.25, 0.3) is 0 Å². The summed E-state index contributed by atoms with van der Waals surface area (Å²) in [6.45, 7) is 6.26. The third kappa shape index (κ3) is 2.60. The van der Waals surface area contributed by atoms with Gasteiger partial charge < -0.3 is 10.4 Å². The summed E-state index contributed by atoms with van der Waals surface area (Å²) in [5, 5.41) is 17.1. The number of nitrogens with one attached hydrogen (secondary N) is 1. The molecule has 0 aliphatic heterocycles. The lowest BCUT2D eigenvalue weighted by molar-refractivity contribution is 0.0701. The normalized spacial score (nSPS) is 10.7.